The lowest BCUT2D eigenvalue weighted by Gasteiger charge is -2.18. The van der Waals surface area contributed by atoms with E-state index in [9.17, 15) is 14.4 Å². The molecular formula is C75H136O6. The van der Waals surface area contributed by atoms with Crippen molar-refractivity contribution in [2.45, 2.75) is 386 Å². The highest BCUT2D eigenvalue weighted by molar-refractivity contribution is 5.71. The first-order chi connectivity index (χ1) is 40.0. The summed E-state index contributed by atoms with van der Waals surface area (Å²) in [5.74, 6) is -0.857. The van der Waals surface area contributed by atoms with Crippen molar-refractivity contribution in [1.29, 1.82) is 0 Å². The fourth-order valence-electron chi connectivity index (χ4n) is 10.7. The van der Waals surface area contributed by atoms with E-state index < -0.39 is 6.10 Å². The lowest BCUT2D eigenvalue weighted by atomic mass is 10.0. The Bertz CT molecular complexity index is 1440. The third-order valence-electron chi connectivity index (χ3n) is 16.0. The van der Waals surface area contributed by atoms with Crippen LogP contribution in [0.1, 0.15) is 380 Å². The van der Waals surface area contributed by atoms with Gasteiger partial charge in [0.1, 0.15) is 13.2 Å². The van der Waals surface area contributed by atoms with Gasteiger partial charge in [-0.1, -0.05) is 338 Å². The van der Waals surface area contributed by atoms with Crippen LogP contribution in [-0.4, -0.2) is 37.2 Å². The zero-order valence-corrected chi connectivity index (χ0v) is 54.3. The second-order valence-electron chi connectivity index (χ2n) is 24.1. The molecule has 0 saturated heterocycles. The summed E-state index contributed by atoms with van der Waals surface area (Å²) >= 11 is 0. The van der Waals surface area contributed by atoms with E-state index in [4.69, 9.17) is 14.2 Å². The van der Waals surface area contributed by atoms with Crippen molar-refractivity contribution in [3.8, 4) is 0 Å². The summed E-state index contributed by atoms with van der Waals surface area (Å²) in [6, 6.07) is 0. The van der Waals surface area contributed by atoms with Gasteiger partial charge in [-0.2, -0.15) is 0 Å². The summed E-state index contributed by atoms with van der Waals surface area (Å²) in [4.78, 5) is 38.5. The molecule has 0 bridgehead atoms. The van der Waals surface area contributed by atoms with E-state index in [2.05, 4.69) is 81.5 Å². The van der Waals surface area contributed by atoms with Gasteiger partial charge < -0.3 is 14.2 Å². The number of allylic oxidation sites excluding steroid dienone is 10. The third kappa shape index (κ3) is 67.8. The summed E-state index contributed by atoms with van der Waals surface area (Å²) < 4.78 is 17.0. The van der Waals surface area contributed by atoms with Gasteiger partial charge >= 0.3 is 17.9 Å². The number of carbonyl (C=O) groups is 3. The standard InChI is InChI=1S/C75H136O6/c1-4-7-10-13-16-19-22-25-28-30-32-34-36-37-39-40-42-44-47-50-53-56-59-62-65-68-74(77)80-71-72(70-79-73(76)67-64-61-58-55-52-49-46-27-24-21-18-15-12-9-6-3)81-75(78)69-66-63-60-57-54-51-48-45-43-41-38-35-33-31-29-26-23-20-17-14-11-8-5-2/h7,10,16,19,25,27-28,32,34,46,72H,4-6,8-9,11-15,17-18,20-24,26,29-31,33,35-45,47-71H2,1-3H3/b10-7-,19-16-,28-25-,34-32-,46-27-. The van der Waals surface area contributed by atoms with Crippen LogP contribution >= 0.6 is 0 Å². The molecule has 1 unspecified atom stereocenters. The predicted molar refractivity (Wildman–Crippen MR) is 353 cm³/mol. The number of ether oxygens (including phenoxy) is 3. The van der Waals surface area contributed by atoms with E-state index in [-0.39, 0.29) is 31.1 Å². The minimum absolute atomic E-state index is 0.0735. The van der Waals surface area contributed by atoms with E-state index in [1.54, 1.807) is 0 Å². The zero-order chi connectivity index (χ0) is 58.5. The molecule has 0 saturated carbocycles. The van der Waals surface area contributed by atoms with Crippen LogP contribution in [0.25, 0.3) is 0 Å². The van der Waals surface area contributed by atoms with Gasteiger partial charge in [-0.15, -0.1) is 0 Å². The average Bonchev–Trinajstić information content (AvgIpc) is 3.47. The van der Waals surface area contributed by atoms with Crippen molar-refractivity contribution in [3.05, 3.63) is 60.8 Å². The lowest BCUT2D eigenvalue weighted by molar-refractivity contribution is -0.167. The molecule has 0 aromatic rings. The van der Waals surface area contributed by atoms with Gasteiger partial charge in [0.05, 0.1) is 0 Å². The Morgan fingerprint density at radius 1 is 0.259 bits per heavy atom. The normalized spacial score (nSPS) is 12.4. The Labute approximate surface area is 504 Å². The quantitative estimate of drug-likeness (QED) is 0.0261. The minimum Gasteiger partial charge on any atom is -0.462 e. The van der Waals surface area contributed by atoms with Gasteiger partial charge in [0.2, 0.25) is 0 Å². The summed E-state index contributed by atoms with van der Waals surface area (Å²) in [6.07, 6.45) is 89.6. The minimum atomic E-state index is -0.778. The maximum Gasteiger partial charge on any atom is 0.306 e. The Kier molecular flexibility index (Phi) is 67.1. The van der Waals surface area contributed by atoms with E-state index in [0.717, 1.165) is 89.9 Å². The van der Waals surface area contributed by atoms with E-state index >= 15 is 0 Å². The van der Waals surface area contributed by atoms with Crippen LogP contribution in [-0.2, 0) is 28.6 Å². The first kappa shape index (κ1) is 78.1. The number of carbonyl (C=O) groups excluding carboxylic acids is 3. The van der Waals surface area contributed by atoms with Crippen molar-refractivity contribution in [1.82, 2.24) is 0 Å². The number of hydrogen-bond acceptors (Lipinski definition) is 6. The molecule has 0 aliphatic heterocycles. The number of hydrogen-bond donors (Lipinski definition) is 0. The van der Waals surface area contributed by atoms with Crippen LogP contribution < -0.4 is 0 Å². The molecule has 0 aliphatic carbocycles. The topological polar surface area (TPSA) is 78.9 Å². The largest absolute Gasteiger partial charge is 0.462 e. The monoisotopic (exact) mass is 1130 g/mol. The van der Waals surface area contributed by atoms with Gasteiger partial charge in [0, 0.05) is 19.3 Å². The molecule has 0 heterocycles. The van der Waals surface area contributed by atoms with Crippen molar-refractivity contribution < 1.29 is 28.6 Å². The van der Waals surface area contributed by atoms with Gasteiger partial charge in [-0.25, -0.2) is 0 Å². The van der Waals surface area contributed by atoms with Gasteiger partial charge in [0.15, 0.2) is 6.10 Å². The average molecular weight is 1130 g/mol. The highest BCUT2D eigenvalue weighted by Crippen LogP contribution is 2.18. The molecule has 0 amide bonds. The number of unbranched alkanes of at least 4 members (excludes halogenated alkanes) is 45. The molecule has 0 fully saturated rings. The Morgan fingerprint density at radius 3 is 0.765 bits per heavy atom. The molecule has 0 spiro atoms. The molecular weight excluding hydrogens is 997 g/mol. The molecule has 472 valence electrons. The van der Waals surface area contributed by atoms with Crippen molar-refractivity contribution in [2.75, 3.05) is 13.2 Å². The summed E-state index contributed by atoms with van der Waals surface area (Å²) in [7, 11) is 0. The van der Waals surface area contributed by atoms with Crippen LogP contribution in [0.4, 0.5) is 0 Å². The fraction of sp³-hybridized carbons (Fsp3) is 0.827. The number of rotatable bonds is 66. The van der Waals surface area contributed by atoms with Gasteiger partial charge in [-0.05, 0) is 83.5 Å². The van der Waals surface area contributed by atoms with E-state index in [0.29, 0.717) is 19.3 Å². The smallest absolute Gasteiger partial charge is 0.306 e. The Balaban J connectivity index is 4.28. The van der Waals surface area contributed by atoms with Crippen LogP contribution in [0.3, 0.4) is 0 Å². The molecule has 0 radical (unpaired) electrons. The summed E-state index contributed by atoms with van der Waals surface area (Å²) in [5.41, 5.74) is 0. The SMILES string of the molecule is CC/C=C\C/C=C\C/C=C\C/C=C\CCCCCCCCCCCCCCC(=O)OCC(COC(=O)CCCCCCC/C=C\CCCCCCCC)OC(=O)CCCCCCCCCCCCCCCCCCCCCCCCC. The van der Waals surface area contributed by atoms with Crippen LogP contribution in [0, 0.1) is 0 Å². The Morgan fingerprint density at radius 2 is 0.481 bits per heavy atom. The molecule has 0 rings (SSSR count). The molecule has 0 N–H and O–H groups in total. The predicted octanol–water partition coefficient (Wildman–Crippen LogP) is 24.7. The van der Waals surface area contributed by atoms with Crippen molar-refractivity contribution >= 4 is 17.9 Å². The molecule has 0 aromatic carbocycles. The van der Waals surface area contributed by atoms with Crippen LogP contribution in [0.5, 0.6) is 0 Å². The van der Waals surface area contributed by atoms with Gasteiger partial charge in [0.25, 0.3) is 0 Å². The van der Waals surface area contributed by atoms with Gasteiger partial charge in [-0.3, -0.25) is 14.4 Å². The first-order valence-corrected chi connectivity index (χ1v) is 35.8. The molecule has 6 nitrogen and oxygen atoms in total. The van der Waals surface area contributed by atoms with Crippen LogP contribution in [0.2, 0.25) is 0 Å². The molecule has 0 aromatic heterocycles. The highest BCUT2D eigenvalue weighted by Gasteiger charge is 2.19. The van der Waals surface area contributed by atoms with Crippen LogP contribution in [0.15, 0.2) is 60.8 Å². The first-order valence-electron chi connectivity index (χ1n) is 35.8. The van der Waals surface area contributed by atoms with Crippen molar-refractivity contribution in [3.63, 3.8) is 0 Å². The van der Waals surface area contributed by atoms with E-state index in [1.165, 1.54) is 250 Å². The summed E-state index contributed by atoms with van der Waals surface area (Å²) in [5, 5.41) is 0. The van der Waals surface area contributed by atoms with E-state index in [1.807, 2.05) is 0 Å². The number of esters is 3. The zero-order valence-electron chi connectivity index (χ0n) is 54.3. The summed E-state index contributed by atoms with van der Waals surface area (Å²) in [6.45, 7) is 6.58. The van der Waals surface area contributed by atoms with Crippen molar-refractivity contribution in [2.24, 2.45) is 0 Å². The second kappa shape index (κ2) is 69.6. The molecule has 6 heteroatoms. The maximum absolute atomic E-state index is 13.0. The molecule has 1 atom stereocenters. The fourth-order valence-corrected chi connectivity index (χ4v) is 10.7. The second-order valence-corrected chi connectivity index (χ2v) is 24.1. The highest BCUT2D eigenvalue weighted by atomic mass is 16.6. The third-order valence-corrected chi connectivity index (χ3v) is 16.0. The maximum atomic E-state index is 13.0. The molecule has 0 aliphatic rings. The lowest BCUT2D eigenvalue weighted by Crippen LogP contribution is -2.30. The molecule has 81 heavy (non-hydrogen) atoms. The Hall–Kier alpha value is -2.89.